The van der Waals surface area contributed by atoms with Crippen LogP contribution >= 0.6 is 12.2 Å². The molecular weight excluding hydrogens is 328 g/mol. The number of pyridine rings is 1. The lowest BCUT2D eigenvalue weighted by Gasteiger charge is -2.33. The number of benzene rings is 1. The van der Waals surface area contributed by atoms with Gasteiger partial charge in [0.05, 0.1) is 11.7 Å². The predicted octanol–water partition coefficient (Wildman–Crippen LogP) is 4.02. The van der Waals surface area contributed by atoms with Gasteiger partial charge in [-0.3, -0.25) is 4.98 Å². The van der Waals surface area contributed by atoms with Gasteiger partial charge in [0.25, 0.3) is 0 Å². The summed E-state index contributed by atoms with van der Waals surface area (Å²) in [5, 5.41) is 4.20. The van der Waals surface area contributed by atoms with Crippen molar-refractivity contribution in [2.75, 3.05) is 32.5 Å². The zero-order valence-corrected chi connectivity index (χ0v) is 16.6. The molecule has 0 aliphatic carbocycles. The molecule has 0 aliphatic heterocycles. The van der Waals surface area contributed by atoms with Crippen molar-refractivity contribution in [2.24, 2.45) is 0 Å². The number of rotatable bonds is 6. The van der Waals surface area contributed by atoms with Crippen LogP contribution in [0, 0.1) is 13.8 Å². The van der Waals surface area contributed by atoms with Crippen molar-refractivity contribution in [2.45, 2.75) is 26.8 Å². The van der Waals surface area contributed by atoms with Crippen LogP contribution in [0.4, 0.5) is 5.69 Å². The number of aryl methyl sites for hydroxylation is 2. The van der Waals surface area contributed by atoms with E-state index in [9.17, 15) is 0 Å². The summed E-state index contributed by atoms with van der Waals surface area (Å²) < 4.78 is 0. The standard InChI is InChI=1S/C20H28N4S/c1-15-9-8-10-16(2)19(15)22-20(25)24(14-13-23(4)5)17(3)18-11-6-7-12-21-18/h6-12,17H,13-14H2,1-5H3,(H,22,25)/t17-/m0/s1. The molecule has 4 nitrogen and oxygen atoms in total. The number of hydrogen-bond donors (Lipinski definition) is 1. The summed E-state index contributed by atoms with van der Waals surface area (Å²) in [5.41, 5.74) is 4.50. The monoisotopic (exact) mass is 356 g/mol. The van der Waals surface area contributed by atoms with Crippen molar-refractivity contribution in [1.82, 2.24) is 14.8 Å². The second-order valence-electron chi connectivity index (χ2n) is 6.62. The van der Waals surface area contributed by atoms with Gasteiger partial charge in [0.1, 0.15) is 0 Å². The summed E-state index contributed by atoms with van der Waals surface area (Å²) in [6.07, 6.45) is 1.83. The molecule has 0 fully saturated rings. The first-order valence-electron chi connectivity index (χ1n) is 8.59. The highest BCUT2D eigenvalue weighted by molar-refractivity contribution is 7.80. The number of anilines is 1. The van der Waals surface area contributed by atoms with Gasteiger partial charge in [0.2, 0.25) is 0 Å². The van der Waals surface area contributed by atoms with E-state index < -0.39 is 0 Å². The van der Waals surface area contributed by atoms with E-state index in [0.29, 0.717) is 0 Å². The smallest absolute Gasteiger partial charge is 0.174 e. The van der Waals surface area contributed by atoms with Crippen LogP contribution in [0.15, 0.2) is 42.6 Å². The maximum Gasteiger partial charge on any atom is 0.174 e. The van der Waals surface area contributed by atoms with Gasteiger partial charge < -0.3 is 15.1 Å². The van der Waals surface area contributed by atoms with Gasteiger partial charge in [0.15, 0.2) is 5.11 Å². The lowest BCUT2D eigenvalue weighted by Crippen LogP contribution is -2.41. The van der Waals surface area contributed by atoms with Crippen molar-refractivity contribution in [3.05, 3.63) is 59.4 Å². The highest BCUT2D eigenvalue weighted by Gasteiger charge is 2.20. The van der Waals surface area contributed by atoms with Gasteiger partial charge >= 0.3 is 0 Å². The van der Waals surface area contributed by atoms with E-state index in [1.807, 2.05) is 18.3 Å². The third-order valence-corrected chi connectivity index (χ3v) is 4.68. The summed E-state index contributed by atoms with van der Waals surface area (Å²) in [5.74, 6) is 0. The number of aromatic nitrogens is 1. The highest BCUT2D eigenvalue weighted by atomic mass is 32.1. The number of para-hydroxylation sites is 1. The molecule has 0 unspecified atom stereocenters. The van der Waals surface area contributed by atoms with Crippen LogP contribution in [0.1, 0.15) is 29.8 Å². The fourth-order valence-electron chi connectivity index (χ4n) is 2.75. The predicted molar refractivity (Wildman–Crippen MR) is 110 cm³/mol. The van der Waals surface area contributed by atoms with Crippen molar-refractivity contribution in [3.8, 4) is 0 Å². The van der Waals surface area contributed by atoms with Crippen molar-refractivity contribution < 1.29 is 0 Å². The summed E-state index contributed by atoms with van der Waals surface area (Å²) in [6, 6.07) is 12.4. The first kappa shape index (κ1) is 19.3. The lowest BCUT2D eigenvalue weighted by molar-refractivity contribution is 0.286. The minimum Gasteiger partial charge on any atom is -0.339 e. The van der Waals surface area contributed by atoms with Gasteiger partial charge in [-0.1, -0.05) is 24.3 Å². The Morgan fingerprint density at radius 3 is 2.32 bits per heavy atom. The van der Waals surface area contributed by atoms with Crippen molar-refractivity contribution in [1.29, 1.82) is 0 Å². The van der Waals surface area contributed by atoms with E-state index in [4.69, 9.17) is 12.2 Å². The van der Waals surface area contributed by atoms with Gasteiger partial charge in [-0.15, -0.1) is 0 Å². The van der Waals surface area contributed by atoms with Crippen LogP contribution in [-0.4, -0.2) is 47.1 Å². The van der Waals surface area contributed by atoms with E-state index in [-0.39, 0.29) is 6.04 Å². The second kappa shape index (κ2) is 8.92. The van der Waals surface area contributed by atoms with Gasteiger partial charge in [-0.05, 0) is 70.3 Å². The Kier molecular flexibility index (Phi) is 6.91. The normalized spacial score (nSPS) is 12.1. The molecule has 2 aromatic rings. The summed E-state index contributed by atoms with van der Waals surface area (Å²) in [4.78, 5) is 8.89. The molecule has 1 heterocycles. The SMILES string of the molecule is Cc1cccc(C)c1NC(=S)N(CCN(C)C)[C@@H](C)c1ccccn1. The van der Waals surface area contributed by atoms with Crippen LogP contribution in [0.5, 0.6) is 0 Å². The quantitative estimate of drug-likeness (QED) is 0.790. The highest BCUT2D eigenvalue weighted by Crippen LogP contribution is 2.23. The van der Waals surface area contributed by atoms with Gasteiger partial charge in [0, 0.05) is 25.0 Å². The molecule has 0 bridgehead atoms. The van der Waals surface area contributed by atoms with E-state index in [1.165, 1.54) is 11.1 Å². The molecule has 0 saturated heterocycles. The second-order valence-corrected chi connectivity index (χ2v) is 7.01. The zero-order valence-electron chi connectivity index (χ0n) is 15.8. The lowest BCUT2D eigenvalue weighted by atomic mass is 10.1. The zero-order chi connectivity index (χ0) is 18.4. The Morgan fingerprint density at radius 1 is 1.08 bits per heavy atom. The van der Waals surface area contributed by atoms with Crippen LogP contribution in [0.3, 0.4) is 0 Å². The van der Waals surface area contributed by atoms with Gasteiger partial charge in [-0.2, -0.15) is 0 Å². The van der Waals surface area contributed by atoms with Gasteiger partial charge in [-0.25, -0.2) is 0 Å². The van der Waals surface area contributed by atoms with Crippen LogP contribution < -0.4 is 5.32 Å². The minimum absolute atomic E-state index is 0.102. The number of thiocarbonyl (C=S) groups is 1. The molecular formula is C20H28N4S. The number of hydrogen-bond acceptors (Lipinski definition) is 3. The first-order chi connectivity index (χ1) is 11.9. The molecule has 1 N–H and O–H groups in total. The fourth-order valence-corrected chi connectivity index (χ4v) is 3.10. The average molecular weight is 357 g/mol. The molecule has 134 valence electrons. The number of nitrogens with one attached hydrogen (secondary N) is 1. The maximum absolute atomic E-state index is 5.77. The molecule has 5 heteroatoms. The average Bonchev–Trinajstić information content (AvgIpc) is 2.59. The molecule has 1 aromatic heterocycles. The topological polar surface area (TPSA) is 31.4 Å². The van der Waals surface area contributed by atoms with Crippen LogP contribution in [-0.2, 0) is 0 Å². The molecule has 0 aliphatic rings. The molecule has 1 atom stereocenters. The Hall–Kier alpha value is -1.98. The molecule has 2 rings (SSSR count). The summed E-state index contributed by atoms with van der Waals surface area (Å²) in [6.45, 7) is 8.11. The molecule has 25 heavy (non-hydrogen) atoms. The Balaban J connectivity index is 2.23. The van der Waals surface area contributed by atoms with E-state index in [0.717, 1.165) is 29.6 Å². The van der Waals surface area contributed by atoms with Crippen LogP contribution in [0.25, 0.3) is 0 Å². The van der Waals surface area contributed by atoms with Crippen LogP contribution in [0.2, 0.25) is 0 Å². The maximum atomic E-state index is 5.77. The number of nitrogens with zero attached hydrogens (tertiary/aromatic N) is 3. The van der Waals surface area contributed by atoms with E-state index in [2.05, 4.69) is 79.2 Å². The Morgan fingerprint density at radius 2 is 1.76 bits per heavy atom. The first-order valence-corrected chi connectivity index (χ1v) is 9.00. The molecule has 1 aromatic carbocycles. The Bertz CT molecular complexity index is 680. The van der Waals surface area contributed by atoms with E-state index in [1.54, 1.807) is 0 Å². The largest absolute Gasteiger partial charge is 0.339 e. The number of likely N-dealkylation sites (N-methyl/N-ethyl adjacent to an activating group) is 1. The summed E-state index contributed by atoms with van der Waals surface area (Å²) >= 11 is 5.77. The third kappa shape index (κ3) is 5.25. The fraction of sp³-hybridized carbons (Fsp3) is 0.400. The molecule has 0 radical (unpaired) electrons. The summed E-state index contributed by atoms with van der Waals surface area (Å²) in [7, 11) is 4.15. The minimum atomic E-state index is 0.102. The van der Waals surface area contributed by atoms with Crippen molar-refractivity contribution >= 4 is 23.0 Å². The molecule has 0 spiro atoms. The van der Waals surface area contributed by atoms with E-state index >= 15 is 0 Å². The third-order valence-electron chi connectivity index (χ3n) is 4.35. The molecule has 0 saturated carbocycles. The van der Waals surface area contributed by atoms with Crippen molar-refractivity contribution in [3.63, 3.8) is 0 Å². The Labute approximate surface area is 156 Å². The molecule has 0 amide bonds.